The second-order valence-electron chi connectivity index (χ2n) is 15.1. The first kappa shape index (κ1) is 50.4. The summed E-state index contributed by atoms with van der Waals surface area (Å²) in [5.74, 6) is -0.209. The van der Waals surface area contributed by atoms with E-state index >= 15 is 0 Å². The van der Waals surface area contributed by atoms with Gasteiger partial charge < -0.3 is 14.6 Å². The van der Waals surface area contributed by atoms with Crippen molar-refractivity contribution in [3.63, 3.8) is 0 Å². The maximum Gasteiger partial charge on any atom is 0.306 e. The molecule has 1 atom stereocenters. The Morgan fingerprint density at radius 2 is 0.808 bits per heavy atom. The van der Waals surface area contributed by atoms with E-state index in [1.165, 1.54) is 173 Å². The number of esters is 1. The number of unbranched alkanes of at least 4 members (excludes halogenated alkanes) is 26. The summed E-state index contributed by atoms with van der Waals surface area (Å²) in [6.45, 7) is 5.32. The third-order valence-electron chi connectivity index (χ3n) is 9.88. The number of carbonyl (C=O) groups is 1. The van der Waals surface area contributed by atoms with Gasteiger partial charge in [0.05, 0.1) is 13.2 Å². The standard InChI is InChI=1S/C48H88O4/c1-3-5-7-9-11-13-15-17-19-21-23-24-25-26-28-30-32-34-36-38-40-42-44-51-46-47(45-49)52-48(50)43-41-39-37-35-33-31-29-27-22-20-18-16-14-12-10-8-6-4-2/h14-17,20-23,47,49H,3-13,18-19,24-46H2,1-2H3/b16-14-,17-15-,22-20-,23-21-. The van der Waals surface area contributed by atoms with Gasteiger partial charge >= 0.3 is 5.97 Å². The molecule has 0 fully saturated rings. The van der Waals surface area contributed by atoms with Gasteiger partial charge in [-0.2, -0.15) is 0 Å². The zero-order valence-corrected chi connectivity index (χ0v) is 34.8. The van der Waals surface area contributed by atoms with Gasteiger partial charge in [0.15, 0.2) is 0 Å². The third-order valence-corrected chi connectivity index (χ3v) is 9.88. The Labute approximate surface area is 324 Å². The molecule has 0 bridgehead atoms. The fourth-order valence-electron chi connectivity index (χ4n) is 6.45. The molecule has 0 aliphatic carbocycles. The molecule has 0 spiro atoms. The van der Waals surface area contributed by atoms with Crippen molar-refractivity contribution in [1.82, 2.24) is 0 Å². The lowest BCUT2D eigenvalue weighted by Gasteiger charge is -2.16. The van der Waals surface area contributed by atoms with Crippen LogP contribution in [0.15, 0.2) is 48.6 Å². The molecule has 0 heterocycles. The number of aliphatic hydroxyl groups is 1. The van der Waals surface area contributed by atoms with Crippen LogP contribution < -0.4 is 0 Å². The SMILES string of the molecule is CCCCCC/C=C\C/C=C\CCCCCCCCCC(=O)OC(CO)COCCCCCCCCCCCC/C=C\C/C=C\CCCCCCC. The number of allylic oxidation sites excluding steroid dienone is 8. The number of aliphatic hydroxyl groups excluding tert-OH is 1. The average molecular weight is 729 g/mol. The highest BCUT2D eigenvalue weighted by Crippen LogP contribution is 2.14. The molecule has 0 amide bonds. The summed E-state index contributed by atoms with van der Waals surface area (Å²) >= 11 is 0. The fourth-order valence-corrected chi connectivity index (χ4v) is 6.45. The molecule has 0 aromatic rings. The molecule has 0 rings (SSSR count). The van der Waals surface area contributed by atoms with E-state index in [-0.39, 0.29) is 12.6 Å². The van der Waals surface area contributed by atoms with E-state index in [1.807, 2.05) is 0 Å². The lowest BCUT2D eigenvalue weighted by atomic mass is 10.1. The highest BCUT2D eigenvalue weighted by atomic mass is 16.6. The molecule has 1 unspecified atom stereocenters. The first-order valence-electron chi connectivity index (χ1n) is 22.7. The quantitative estimate of drug-likeness (QED) is 0.0386. The van der Waals surface area contributed by atoms with Crippen LogP contribution in [0.4, 0.5) is 0 Å². The van der Waals surface area contributed by atoms with Crippen LogP contribution in [0.25, 0.3) is 0 Å². The molecular weight excluding hydrogens is 641 g/mol. The molecule has 0 saturated carbocycles. The van der Waals surface area contributed by atoms with Gasteiger partial charge in [-0.3, -0.25) is 4.79 Å². The van der Waals surface area contributed by atoms with Gasteiger partial charge in [0, 0.05) is 13.0 Å². The first-order chi connectivity index (χ1) is 25.7. The lowest BCUT2D eigenvalue weighted by molar-refractivity contribution is -0.154. The van der Waals surface area contributed by atoms with Crippen molar-refractivity contribution in [3.05, 3.63) is 48.6 Å². The fraction of sp³-hybridized carbons (Fsp3) is 0.812. The van der Waals surface area contributed by atoms with Gasteiger partial charge in [0.25, 0.3) is 0 Å². The molecule has 4 heteroatoms. The number of ether oxygens (including phenoxy) is 2. The molecule has 0 aliphatic rings. The molecular formula is C48H88O4. The van der Waals surface area contributed by atoms with Crippen molar-refractivity contribution < 1.29 is 19.4 Å². The predicted octanol–water partition coefficient (Wildman–Crippen LogP) is 15.0. The van der Waals surface area contributed by atoms with Gasteiger partial charge in [-0.1, -0.05) is 191 Å². The van der Waals surface area contributed by atoms with Crippen LogP contribution in [0.1, 0.15) is 226 Å². The summed E-state index contributed by atoms with van der Waals surface area (Å²) in [5, 5.41) is 9.62. The highest BCUT2D eigenvalue weighted by molar-refractivity contribution is 5.69. The predicted molar refractivity (Wildman–Crippen MR) is 228 cm³/mol. The van der Waals surface area contributed by atoms with Gasteiger partial charge in [0.2, 0.25) is 0 Å². The minimum Gasteiger partial charge on any atom is -0.457 e. The Morgan fingerprint density at radius 3 is 1.21 bits per heavy atom. The maximum atomic E-state index is 12.2. The Morgan fingerprint density at radius 1 is 0.462 bits per heavy atom. The average Bonchev–Trinajstić information content (AvgIpc) is 3.15. The molecule has 0 aromatic heterocycles. The minimum absolute atomic E-state index is 0.176. The second-order valence-corrected chi connectivity index (χ2v) is 15.1. The summed E-state index contributed by atoms with van der Waals surface area (Å²) in [4.78, 5) is 12.2. The van der Waals surface area contributed by atoms with Crippen LogP contribution in [0.3, 0.4) is 0 Å². The van der Waals surface area contributed by atoms with E-state index in [9.17, 15) is 9.90 Å². The van der Waals surface area contributed by atoms with E-state index < -0.39 is 6.10 Å². The topological polar surface area (TPSA) is 55.8 Å². The summed E-state index contributed by atoms with van der Waals surface area (Å²) in [7, 11) is 0. The number of carbonyl (C=O) groups excluding carboxylic acids is 1. The van der Waals surface area contributed by atoms with Crippen LogP contribution in [0, 0.1) is 0 Å². The largest absolute Gasteiger partial charge is 0.457 e. The van der Waals surface area contributed by atoms with Crippen molar-refractivity contribution in [2.75, 3.05) is 19.8 Å². The zero-order valence-electron chi connectivity index (χ0n) is 34.8. The summed E-state index contributed by atoms with van der Waals surface area (Å²) in [6, 6.07) is 0. The minimum atomic E-state index is -0.541. The van der Waals surface area contributed by atoms with Gasteiger partial charge in [-0.05, 0) is 77.0 Å². The molecule has 304 valence electrons. The molecule has 0 saturated heterocycles. The summed E-state index contributed by atoms with van der Waals surface area (Å²) < 4.78 is 11.2. The third kappa shape index (κ3) is 42.8. The van der Waals surface area contributed by atoms with Crippen molar-refractivity contribution in [2.24, 2.45) is 0 Å². The van der Waals surface area contributed by atoms with Crippen LogP contribution in [0.5, 0.6) is 0 Å². The number of rotatable bonds is 42. The smallest absolute Gasteiger partial charge is 0.306 e. The zero-order chi connectivity index (χ0) is 37.7. The second kappa shape index (κ2) is 45.5. The van der Waals surface area contributed by atoms with Crippen LogP contribution in [0.2, 0.25) is 0 Å². The maximum absolute atomic E-state index is 12.2. The molecule has 0 radical (unpaired) electrons. The van der Waals surface area contributed by atoms with E-state index in [2.05, 4.69) is 62.5 Å². The monoisotopic (exact) mass is 729 g/mol. The Bertz CT molecular complexity index is 813. The van der Waals surface area contributed by atoms with Crippen molar-refractivity contribution >= 4 is 5.97 Å². The molecule has 1 N–H and O–H groups in total. The van der Waals surface area contributed by atoms with Gasteiger partial charge in [0.1, 0.15) is 6.10 Å². The highest BCUT2D eigenvalue weighted by Gasteiger charge is 2.13. The van der Waals surface area contributed by atoms with Gasteiger partial charge in [-0.25, -0.2) is 0 Å². The molecule has 52 heavy (non-hydrogen) atoms. The van der Waals surface area contributed by atoms with E-state index in [0.29, 0.717) is 19.6 Å². The van der Waals surface area contributed by atoms with E-state index in [0.717, 1.165) is 32.1 Å². The molecule has 0 aromatic carbocycles. The molecule has 0 aliphatic heterocycles. The normalized spacial score (nSPS) is 12.8. The summed E-state index contributed by atoms with van der Waals surface area (Å²) in [6.07, 6.45) is 58.9. The van der Waals surface area contributed by atoms with Crippen molar-refractivity contribution in [3.8, 4) is 0 Å². The van der Waals surface area contributed by atoms with E-state index in [1.54, 1.807) is 0 Å². The van der Waals surface area contributed by atoms with Crippen molar-refractivity contribution in [2.45, 2.75) is 232 Å². The Balaban J connectivity index is 3.44. The van der Waals surface area contributed by atoms with Crippen LogP contribution in [-0.4, -0.2) is 37.0 Å². The summed E-state index contributed by atoms with van der Waals surface area (Å²) in [5.41, 5.74) is 0. The number of hydrogen-bond acceptors (Lipinski definition) is 4. The van der Waals surface area contributed by atoms with Crippen LogP contribution in [-0.2, 0) is 14.3 Å². The van der Waals surface area contributed by atoms with Crippen LogP contribution >= 0.6 is 0 Å². The molecule has 4 nitrogen and oxygen atoms in total. The van der Waals surface area contributed by atoms with Gasteiger partial charge in [-0.15, -0.1) is 0 Å². The lowest BCUT2D eigenvalue weighted by Crippen LogP contribution is -2.27. The van der Waals surface area contributed by atoms with Crippen molar-refractivity contribution in [1.29, 1.82) is 0 Å². The number of hydrogen-bond donors (Lipinski definition) is 1. The Hall–Kier alpha value is -1.65. The first-order valence-corrected chi connectivity index (χ1v) is 22.7. The van der Waals surface area contributed by atoms with E-state index in [4.69, 9.17) is 9.47 Å². The Kier molecular flexibility index (Phi) is 44.1.